The molecule has 62 valence electrons. The Morgan fingerprint density at radius 3 is 3.08 bits per heavy atom. The number of benzene rings is 1. The van der Waals surface area contributed by atoms with Crippen molar-refractivity contribution in [1.82, 2.24) is 0 Å². The average molecular weight is 160 g/mol. The Hall–Kier alpha value is -1.08. The third kappa shape index (κ3) is 1.56. The molecule has 1 nitrogen and oxygen atoms in total. The molecule has 0 aliphatic carbocycles. The van der Waals surface area contributed by atoms with Crippen LogP contribution in [0.3, 0.4) is 0 Å². The van der Waals surface area contributed by atoms with E-state index in [2.05, 4.69) is 30.8 Å². The van der Waals surface area contributed by atoms with E-state index in [1.54, 1.807) is 0 Å². The first-order valence-electron chi connectivity index (χ1n) is 4.21. The lowest BCUT2D eigenvalue weighted by Crippen LogP contribution is -1.84. The van der Waals surface area contributed by atoms with Crippen molar-refractivity contribution in [3.63, 3.8) is 0 Å². The van der Waals surface area contributed by atoms with Crippen LogP contribution in [0.15, 0.2) is 36.9 Å². The first kappa shape index (κ1) is 7.56. The minimum Gasteiger partial charge on any atom is -0.368 e. The Kier molecular flexibility index (Phi) is 1.96. The summed E-state index contributed by atoms with van der Waals surface area (Å²) in [6, 6.07) is 8.51. The van der Waals surface area contributed by atoms with Crippen LogP contribution in [-0.2, 0) is 11.2 Å². The van der Waals surface area contributed by atoms with Crippen molar-refractivity contribution >= 4 is 0 Å². The fraction of sp³-hybridized carbons (Fsp3) is 0.273. The zero-order chi connectivity index (χ0) is 8.39. The summed E-state index contributed by atoms with van der Waals surface area (Å²) in [4.78, 5) is 0. The quantitative estimate of drug-likeness (QED) is 0.489. The second-order valence-corrected chi connectivity index (χ2v) is 3.06. The van der Waals surface area contributed by atoms with E-state index < -0.39 is 0 Å². The van der Waals surface area contributed by atoms with Crippen molar-refractivity contribution in [2.45, 2.75) is 12.5 Å². The summed E-state index contributed by atoms with van der Waals surface area (Å²) in [7, 11) is 0. The van der Waals surface area contributed by atoms with Gasteiger partial charge in [0.1, 0.15) is 6.10 Å². The van der Waals surface area contributed by atoms with Gasteiger partial charge in [-0.25, -0.2) is 0 Å². The maximum Gasteiger partial charge on any atom is 0.106 e. The highest BCUT2D eigenvalue weighted by Gasteiger charge is 2.24. The fourth-order valence-electron chi connectivity index (χ4n) is 1.33. The van der Waals surface area contributed by atoms with Crippen molar-refractivity contribution in [3.8, 4) is 0 Å². The summed E-state index contributed by atoms with van der Waals surface area (Å²) >= 11 is 0. The standard InChI is InChI=1S/C11H12O/c1-2-4-9-5-3-6-10(7-9)11-8-12-11/h2-3,5-7,11H,1,4,8H2. The Labute approximate surface area is 72.7 Å². The molecule has 0 bridgehead atoms. The molecule has 0 N–H and O–H groups in total. The molecule has 0 spiro atoms. The molecular weight excluding hydrogens is 148 g/mol. The molecule has 1 atom stereocenters. The summed E-state index contributed by atoms with van der Waals surface area (Å²) in [6.07, 6.45) is 3.24. The normalized spacial score (nSPS) is 20.5. The smallest absolute Gasteiger partial charge is 0.106 e. The second kappa shape index (κ2) is 3.11. The molecule has 2 rings (SSSR count). The molecule has 1 aliphatic rings. The molecule has 1 unspecified atom stereocenters. The lowest BCUT2D eigenvalue weighted by atomic mass is 10.1. The molecule has 0 radical (unpaired) electrons. The van der Waals surface area contributed by atoms with Crippen LogP contribution >= 0.6 is 0 Å². The maximum absolute atomic E-state index is 5.20. The van der Waals surface area contributed by atoms with Crippen molar-refractivity contribution in [1.29, 1.82) is 0 Å². The second-order valence-electron chi connectivity index (χ2n) is 3.06. The van der Waals surface area contributed by atoms with Crippen LogP contribution in [0.5, 0.6) is 0 Å². The van der Waals surface area contributed by atoms with Gasteiger partial charge in [0.25, 0.3) is 0 Å². The van der Waals surface area contributed by atoms with Gasteiger partial charge in [0.15, 0.2) is 0 Å². The van der Waals surface area contributed by atoms with Crippen molar-refractivity contribution in [2.75, 3.05) is 6.61 Å². The SMILES string of the molecule is C=CCc1cccc(C2CO2)c1. The predicted molar refractivity (Wildman–Crippen MR) is 49.0 cm³/mol. The van der Waals surface area contributed by atoms with Gasteiger partial charge in [-0.3, -0.25) is 0 Å². The molecule has 0 aromatic heterocycles. The van der Waals surface area contributed by atoms with Crippen molar-refractivity contribution in [2.24, 2.45) is 0 Å². The van der Waals surface area contributed by atoms with Crippen molar-refractivity contribution < 1.29 is 4.74 Å². The van der Waals surface area contributed by atoms with Gasteiger partial charge < -0.3 is 4.74 Å². The van der Waals surface area contributed by atoms with E-state index in [1.165, 1.54) is 11.1 Å². The third-order valence-corrected chi connectivity index (χ3v) is 2.04. The molecule has 1 aromatic rings. The minimum absolute atomic E-state index is 0.370. The summed E-state index contributed by atoms with van der Waals surface area (Å²) in [5, 5.41) is 0. The molecule has 1 aliphatic heterocycles. The van der Waals surface area contributed by atoms with Gasteiger partial charge in [0, 0.05) is 0 Å². The van der Waals surface area contributed by atoms with E-state index in [0.29, 0.717) is 6.10 Å². The molecule has 1 heterocycles. The van der Waals surface area contributed by atoms with Gasteiger partial charge in [-0.1, -0.05) is 30.3 Å². The molecule has 0 amide bonds. The van der Waals surface area contributed by atoms with Crippen LogP contribution in [0.4, 0.5) is 0 Å². The molecule has 12 heavy (non-hydrogen) atoms. The van der Waals surface area contributed by atoms with E-state index in [1.807, 2.05) is 6.08 Å². The Morgan fingerprint density at radius 1 is 1.58 bits per heavy atom. The number of ether oxygens (including phenoxy) is 1. The highest BCUT2D eigenvalue weighted by Crippen LogP contribution is 2.29. The first-order chi connectivity index (χ1) is 5.90. The van der Waals surface area contributed by atoms with Crippen LogP contribution in [0.25, 0.3) is 0 Å². The summed E-state index contributed by atoms with van der Waals surface area (Å²) in [5.41, 5.74) is 2.62. The molecule has 1 saturated heterocycles. The molecule has 1 aromatic carbocycles. The van der Waals surface area contributed by atoms with E-state index in [9.17, 15) is 0 Å². The van der Waals surface area contributed by atoms with Crippen LogP contribution in [-0.4, -0.2) is 6.61 Å². The van der Waals surface area contributed by atoms with E-state index in [0.717, 1.165) is 13.0 Å². The number of allylic oxidation sites excluding steroid dienone is 1. The lowest BCUT2D eigenvalue weighted by Gasteiger charge is -1.99. The van der Waals surface area contributed by atoms with Crippen molar-refractivity contribution in [3.05, 3.63) is 48.0 Å². The zero-order valence-corrected chi connectivity index (χ0v) is 6.99. The third-order valence-electron chi connectivity index (χ3n) is 2.04. The number of hydrogen-bond donors (Lipinski definition) is 0. The molecule has 1 heteroatoms. The summed E-state index contributed by atoms with van der Waals surface area (Å²) < 4.78 is 5.20. The van der Waals surface area contributed by atoms with Gasteiger partial charge in [-0.05, 0) is 17.5 Å². The van der Waals surface area contributed by atoms with E-state index in [4.69, 9.17) is 4.74 Å². The fourth-order valence-corrected chi connectivity index (χ4v) is 1.33. The molecule has 0 saturated carbocycles. The number of rotatable bonds is 3. The van der Waals surface area contributed by atoms with Crippen LogP contribution in [0.1, 0.15) is 17.2 Å². The van der Waals surface area contributed by atoms with Crippen LogP contribution in [0.2, 0.25) is 0 Å². The van der Waals surface area contributed by atoms with Gasteiger partial charge in [-0.15, -0.1) is 6.58 Å². The number of hydrogen-bond acceptors (Lipinski definition) is 1. The predicted octanol–water partition coefficient (Wildman–Crippen LogP) is 2.49. The minimum atomic E-state index is 0.370. The van der Waals surface area contributed by atoms with Gasteiger partial charge in [0.2, 0.25) is 0 Å². The number of epoxide rings is 1. The van der Waals surface area contributed by atoms with Gasteiger partial charge in [-0.2, -0.15) is 0 Å². The molecular formula is C11H12O. The first-order valence-corrected chi connectivity index (χ1v) is 4.21. The Bertz CT molecular complexity index is 287. The van der Waals surface area contributed by atoms with Crippen LogP contribution in [0, 0.1) is 0 Å². The highest BCUT2D eigenvalue weighted by atomic mass is 16.6. The Balaban J connectivity index is 2.20. The van der Waals surface area contributed by atoms with Crippen LogP contribution < -0.4 is 0 Å². The van der Waals surface area contributed by atoms with E-state index >= 15 is 0 Å². The Morgan fingerprint density at radius 2 is 2.42 bits per heavy atom. The highest BCUT2D eigenvalue weighted by molar-refractivity contribution is 5.28. The van der Waals surface area contributed by atoms with Gasteiger partial charge in [0.05, 0.1) is 6.61 Å². The summed E-state index contributed by atoms with van der Waals surface area (Å²) in [5.74, 6) is 0. The largest absolute Gasteiger partial charge is 0.368 e. The van der Waals surface area contributed by atoms with Gasteiger partial charge >= 0.3 is 0 Å². The lowest BCUT2D eigenvalue weighted by molar-refractivity contribution is 0.415. The topological polar surface area (TPSA) is 12.5 Å². The molecule has 1 fully saturated rings. The average Bonchev–Trinajstić information content (AvgIpc) is 2.88. The van der Waals surface area contributed by atoms with E-state index in [-0.39, 0.29) is 0 Å². The summed E-state index contributed by atoms with van der Waals surface area (Å²) in [6.45, 7) is 4.60. The maximum atomic E-state index is 5.20. The zero-order valence-electron chi connectivity index (χ0n) is 6.99. The monoisotopic (exact) mass is 160 g/mol.